The Morgan fingerprint density at radius 3 is 1.10 bits per heavy atom. The molecule has 6 heterocycles. The maximum Gasteiger partial charge on any atom is 0.252 e. The number of amidine groups is 2. The Balaban J connectivity index is 0.915. The number of para-hydroxylation sites is 2. The highest BCUT2D eigenvalue weighted by molar-refractivity contribution is 7.00. The molecule has 0 radical (unpaired) electrons. The zero-order valence-electron chi connectivity index (χ0n) is 61.3. The van der Waals surface area contributed by atoms with Gasteiger partial charge in [0.05, 0.1) is 22.4 Å². The van der Waals surface area contributed by atoms with Gasteiger partial charge >= 0.3 is 0 Å². The summed E-state index contributed by atoms with van der Waals surface area (Å²) in [6.45, 7) is 13.4. The van der Waals surface area contributed by atoms with E-state index in [1.54, 1.807) is 4.90 Å². The van der Waals surface area contributed by atoms with Gasteiger partial charge < -0.3 is 9.80 Å². The van der Waals surface area contributed by atoms with Crippen LogP contribution in [0, 0.1) is 0 Å². The second kappa shape index (κ2) is 25.6. The molecule has 15 aromatic rings. The number of anilines is 6. The summed E-state index contributed by atoms with van der Waals surface area (Å²) in [6, 6.07) is 122. The highest BCUT2D eigenvalue weighted by atomic mass is 15.5. The molecule has 0 N–H and O–H groups in total. The van der Waals surface area contributed by atoms with Crippen LogP contribution in [-0.2, 0) is 10.8 Å². The largest absolute Gasteiger partial charge is 0.311 e. The second-order valence-corrected chi connectivity index (χ2v) is 30.8. The Bertz CT molecular complexity index is 6350. The topological polar surface area (TPSA) is 88.8 Å². The first-order valence-electron chi connectivity index (χ1n) is 37.4. The summed E-state index contributed by atoms with van der Waals surface area (Å²) in [7, 11) is 0. The van der Waals surface area contributed by atoms with Gasteiger partial charge in [0.15, 0.2) is 11.7 Å². The Labute approximate surface area is 634 Å². The third-order valence-electron chi connectivity index (χ3n) is 22.0. The van der Waals surface area contributed by atoms with Gasteiger partial charge in [-0.3, -0.25) is 4.57 Å². The monoisotopic (exact) mass is 1400 g/mol. The Morgan fingerprint density at radius 1 is 0.239 bits per heavy atom. The predicted molar refractivity (Wildman–Crippen MR) is 456 cm³/mol. The summed E-state index contributed by atoms with van der Waals surface area (Å²) < 4.78 is 2.13. The highest BCUT2D eigenvalue weighted by Crippen LogP contribution is 2.52. The van der Waals surface area contributed by atoms with Crippen molar-refractivity contribution in [3.05, 3.63) is 356 Å². The number of hydrogen-bond donors (Lipinski definition) is 0. The summed E-state index contributed by atoms with van der Waals surface area (Å²) >= 11 is 0. The van der Waals surface area contributed by atoms with Crippen molar-refractivity contribution < 1.29 is 0 Å². The first-order chi connectivity index (χ1) is 53.3. The van der Waals surface area contributed by atoms with Gasteiger partial charge in [0.1, 0.15) is 0 Å². The van der Waals surface area contributed by atoms with E-state index < -0.39 is 0 Å². The molecule has 0 atom stereocenters. The van der Waals surface area contributed by atoms with Crippen LogP contribution in [0.25, 0.3) is 88.6 Å². The summed E-state index contributed by atoms with van der Waals surface area (Å²) in [5, 5.41) is 2.17. The lowest BCUT2D eigenvalue weighted by molar-refractivity contribution is 0.590. The Morgan fingerprint density at radius 2 is 0.596 bits per heavy atom. The van der Waals surface area contributed by atoms with Crippen molar-refractivity contribution in [2.45, 2.75) is 52.4 Å². The molecule has 0 amide bonds. The van der Waals surface area contributed by atoms with Gasteiger partial charge in [0, 0.05) is 55.8 Å². The minimum atomic E-state index is -0.301. The van der Waals surface area contributed by atoms with Crippen LogP contribution in [0.15, 0.2) is 364 Å². The average molecular weight is 1400 g/mol. The molecule has 109 heavy (non-hydrogen) atoms. The van der Waals surface area contributed by atoms with Crippen LogP contribution in [0.2, 0.25) is 0 Å². The van der Waals surface area contributed by atoms with Crippen molar-refractivity contribution in [2.24, 2.45) is 30.0 Å². The highest BCUT2D eigenvalue weighted by Gasteiger charge is 2.46. The van der Waals surface area contributed by atoms with E-state index in [4.69, 9.17) is 30.0 Å². The molecule has 0 aliphatic carbocycles. The van der Waals surface area contributed by atoms with Gasteiger partial charge in [0.2, 0.25) is 23.8 Å². The number of fused-ring (bicyclic) bond motifs is 7. The summed E-state index contributed by atoms with van der Waals surface area (Å²) in [5.41, 5.74) is 28.7. The molecule has 518 valence electrons. The summed E-state index contributed by atoms with van der Waals surface area (Å²) in [6.07, 6.45) is 0. The number of nitrogens with zero attached hydrogens (tertiary/aromatic N) is 10. The average Bonchev–Trinajstić information content (AvgIpc) is 1.08. The van der Waals surface area contributed by atoms with E-state index in [1.165, 1.54) is 22.1 Å². The maximum absolute atomic E-state index is 5.73. The van der Waals surface area contributed by atoms with Crippen LogP contribution >= 0.6 is 0 Å². The first kappa shape index (κ1) is 64.9. The lowest BCUT2D eigenvalue weighted by Gasteiger charge is -2.45. The molecule has 0 saturated heterocycles. The Kier molecular flexibility index (Phi) is 15.2. The summed E-state index contributed by atoms with van der Waals surface area (Å²) in [4.78, 5) is 39.9. The van der Waals surface area contributed by atoms with Crippen molar-refractivity contribution in [2.75, 3.05) is 9.80 Å². The van der Waals surface area contributed by atoms with E-state index in [-0.39, 0.29) is 17.5 Å². The van der Waals surface area contributed by atoms with Crippen molar-refractivity contribution in [3.63, 3.8) is 0 Å². The molecule has 0 spiro atoms. The SMILES string of the molecule is CC(C)(C)c1ccc(-c2ccc3c(c2)N(c2ccc(-c4ccccc4)cc2-c2ccccc2)c2cc(C4=NC5=NC(c6ccccc6)=NC6=NC(n7c8ccccc8c8ccccc87)=NC(=N4)N56)cc4c2B3c2ccc(-c3ccc(C(C)(C)C)cc3)cc2N4c2cc(-c3ccccc3)ccc2-c2ccccc2)cc1. The van der Waals surface area contributed by atoms with E-state index in [2.05, 4.69) is 359 Å². The molecule has 10 nitrogen and oxygen atoms in total. The smallest absolute Gasteiger partial charge is 0.252 e. The molecule has 5 aliphatic heterocycles. The van der Waals surface area contributed by atoms with Crippen molar-refractivity contribution in [1.82, 2.24) is 9.47 Å². The van der Waals surface area contributed by atoms with E-state index in [9.17, 15) is 0 Å². The van der Waals surface area contributed by atoms with Gasteiger partial charge in [-0.1, -0.05) is 321 Å². The molecule has 5 aliphatic rings. The molecule has 0 fully saturated rings. The van der Waals surface area contributed by atoms with Gasteiger partial charge in [-0.05, 0) is 149 Å². The zero-order chi connectivity index (χ0) is 73.2. The third kappa shape index (κ3) is 11.2. The van der Waals surface area contributed by atoms with E-state index in [1.807, 2.05) is 30.3 Å². The maximum atomic E-state index is 5.73. The fraction of sp³-hybridized carbons (Fsp3) is 0.0816. The Hall–Kier alpha value is -13.6. The number of guanidine groups is 3. The van der Waals surface area contributed by atoms with Gasteiger partial charge in [-0.2, -0.15) is 30.0 Å². The van der Waals surface area contributed by atoms with E-state index in [0.29, 0.717) is 35.5 Å². The lowest BCUT2D eigenvalue weighted by Crippen LogP contribution is -2.61. The van der Waals surface area contributed by atoms with Crippen molar-refractivity contribution in [3.8, 4) is 66.8 Å². The molecular formula is C98H73BN10. The molecule has 0 bridgehead atoms. The number of aromatic nitrogens is 1. The van der Waals surface area contributed by atoms with Gasteiger partial charge in [-0.15, -0.1) is 0 Å². The molecule has 0 unspecified atom stereocenters. The van der Waals surface area contributed by atoms with Crippen LogP contribution in [0.1, 0.15) is 63.8 Å². The summed E-state index contributed by atoms with van der Waals surface area (Å²) in [5.74, 6) is 2.35. The molecule has 14 aromatic carbocycles. The fourth-order valence-corrected chi connectivity index (χ4v) is 16.5. The number of rotatable bonds is 10. The van der Waals surface area contributed by atoms with Gasteiger partial charge in [0.25, 0.3) is 6.71 Å². The van der Waals surface area contributed by atoms with Crippen LogP contribution in [0.4, 0.5) is 34.1 Å². The van der Waals surface area contributed by atoms with Gasteiger partial charge in [-0.25, -0.2) is 4.90 Å². The zero-order valence-corrected chi connectivity index (χ0v) is 61.3. The number of hydrogen-bond acceptors (Lipinski definition) is 9. The first-order valence-corrected chi connectivity index (χ1v) is 37.4. The number of aliphatic imine (C=N–C) groups is 6. The van der Waals surface area contributed by atoms with Crippen molar-refractivity contribution in [1.29, 1.82) is 0 Å². The molecule has 11 heteroatoms. The molecule has 1 aromatic heterocycles. The standard InChI is InChI=1S/C98H73BN10/c1-97(2,3)74-48-40-64(41-49-74)71-45-53-80-86(58-71)106(84-55-47-69(62-26-12-7-13-27-62)56-79(84)67-32-18-10-19-33-67)88-60-73(92-102-93-100-91(68-34-20-11-21-35-68)101-94-104-96(105-95(103-92)109(93)94)108-82-38-24-22-36-77(82)78-37-23-25-39-83(78)108)61-89-90(88)99(80)81-54-46-72(65-42-50-75(51-43-65)98(4,5)6)59-87(81)107(89)85-57-70(63-28-14-8-15-29-63)44-52-76(85)66-30-16-9-17-31-66/h7-61H,1-6H3. The lowest BCUT2D eigenvalue weighted by atomic mass is 9.33. The van der Waals surface area contributed by atoms with Crippen LogP contribution in [0.5, 0.6) is 0 Å². The fourth-order valence-electron chi connectivity index (χ4n) is 16.5. The molecule has 0 saturated carbocycles. The molecule has 20 rings (SSSR count). The van der Waals surface area contributed by atoms with Crippen LogP contribution in [-0.4, -0.2) is 51.7 Å². The van der Waals surface area contributed by atoms with E-state index in [0.717, 1.165) is 139 Å². The third-order valence-corrected chi connectivity index (χ3v) is 22.0. The van der Waals surface area contributed by atoms with Crippen LogP contribution in [0.3, 0.4) is 0 Å². The predicted octanol–water partition coefficient (Wildman–Crippen LogP) is 22.0. The van der Waals surface area contributed by atoms with Crippen LogP contribution < -0.4 is 26.2 Å². The quantitative estimate of drug-likeness (QED) is 0.128. The number of benzene rings is 14. The minimum absolute atomic E-state index is 0.0340. The second-order valence-electron chi connectivity index (χ2n) is 30.8. The molecular weight excluding hydrogens is 1330 g/mol. The van der Waals surface area contributed by atoms with E-state index >= 15 is 0 Å². The minimum Gasteiger partial charge on any atom is -0.311 e. The normalized spacial score (nSPS) is 14.2. The van der Waals surface area contributed by atoms with Crippen molar-refractivity contribution >= 4 is 115 Å².